The van der Waals surface area contributed by atoms with Crippen LogP contribution < -0.4 is 10.1 Å². The molecule has 1 saturated heterocycles. The van der Waals surface area contributed by atoms with Gasteiger partial charge in [-0.2, -0.15) is 0 Å². The first-order valence-electron chi connectivity index (χ1n) is 7.54. The molecular formula is C15H20F2N2O5S. The van der Waals surface area contributed by atoms with E-state index in [0.29, 0.717) is 6.07 Å². The van der Waals surface area contributed by atoms with Crippen molar-refractivity contribution in [1.82, 2.24) is 9.62 Å². The highest BCUT2D eigenvalue weighted by molar-refractivity contribution is 7.89. The van der Waals surface area contributed by atoms with Gasteiger partial charge in [-0.1, -0.05) is 0 Å². The number of benzene rings is 1. The first kappa shape index (κ1) is 19.5. The first-order chi connectivity index (χ1) is 11.7. The molecule has 140 valence electrons. The van der Waals surface area contributed by atoms with Crippen molar-refractivity contribution in [2.45, 2.75) is 6.04 Å². The summed E-state index contributed by atoms with van der Waals surface area (Å²) in [6.45, 7) is -0.0814. The largest absolute Gasteiger partial charge is 0.481 e. The molecular weight excluding hydrogens is 358 g/mol. The highest BCUT2D eigenvalue weighted by Crippen LogP contribution is 2.19. The third kappa shape index (κ3) is 5.35. The topological polar surface area (TPSA) is 84.9 Å². The molecule has 1 N–H and O–H groups in total. The summed E-state index contributed by atoms with van der Waals surface area (Å²) in [7, 11) is -0.561. The van der Waals surface area contributed by atoms with Gasteiger partial charge >= 0.3 is 0 Å². The van der Waals surface area contributed by atoms with Gasteiger partial charge in [0.15, 0.2) is 18.2 Å². The van der Waals surface area contributed by atoms with Crippen molar-refractivity contribution < 1.29 is 31.5 Å². The SMILES string of the molecule is CN(C)S(=O)(=O)CC1COCC1NC(=O)COc1ccc(F)cc1F. The van der Waals surface area contributed by atoms with Crippen LogP contribution >= 0.6 is 0 Å². The normalized spacial score (nSPS) is 20.7. The van der Waals surface area contributed by atoms with Crippen molar-refractivity contribution in [3.8, 4) is 5.75 Å². The van der Waals surface area contributed by atoms with Crippen molar-refractivity contribution in [1.29, 1.82) is 0 Å². The summed E-state index contributed by atoms with van der Waals surface area (Å²) in [4.78, 5) is 11.9. The zero-order valence-corrected chi connectivity index (χ0v) is 14.7. The Morgan fingerprint density at radius 2 is 2.08 bits per heavy atom. The molecule has 7 nitrogen and oxygen atoms in total. The minimum atomic E-state index is -3.43. The average Bonchev–Trinajstić information content (AvgIpc) is 2.92. The lowest BCUT2D eigenvalue weighted by atomic mass is 10.1. The van der Waals surface area contributed by atoms with Crippen molar-refractivity contribution in [2.75, 3.05) is 39.7 Å². The third-order valence-corrected chi connectivity index (χ3v) is 5.74. The summed E-state index contributed by atoms with van der Waals surface area (Å²) < 4.78 is 61.5. The van der Waals surface area contributed by atoms with Gasteiger partial charge in [0.25, 0.3) is 5.91 Å². The molecule has 0 aromatic heterocycles. The molecule has 0 aliphatic carbocycles. The molecule has 1 aliphatic rings. The van der Waals surface area contributed by atoms with E-state index in [1.807, 2.05) is 0 Å². The fourth-order valence-corrected chi connectivity index (χ4v) is 3.49. The highest BCUT2D eigenvalue weighted by atomic mass is 32.2. The van der Waals surface area contributed by atoms with Gasteiger partial charge in [0, 0.05) is 26.1 Å². The number of sulfonamides is 1. The average molecular weight is 378 g/mol. The van der Waals surface area contributed by atoms with Crippen molar-refractivity contribution in [2.24, 2.45) is 5.92 Å². The maximum absolute atomic E-state index is 13.4. The number of hydrogen-bond acceptors (Lipinski definition) is 5. The van der Waals surface area contributed by atoms with Crippen LogP contribution in [0.25, 0.3) is 0 Å². The van der Waals surface area contributed by atoms with E-state index in [1.165, 1.54) is 14.1 Å². The Hall–Kier alpha value is -1.78. The van der Waals surface area contributed by atoms with Crippen LogP contribution in [-0.2, 0) is 19.6 Å². The first-order valence-corrected chi connectivity index (χ1v) is 9.15. The Bertz CT molecular complexity index is 727. The summed E-state index contributed by atoms with van der Waals surface area (Å²) in [6, 6.07) is 2.27. The third-order valence-electron chi connectivity index (χ3n) is 3.78. The Morgan fingerprint density at radius 3 is 2.72 bits per heavy atom. The number of carbonyl (C=O) groups excluding carboxylic acids is 1. The zero-order chi connectivity index (χ0) is 18.6. The van der Waals surface area contributed by atoms with Crippen LogP contribution in [0.1, 0.15) is 0 Å². The molecule has 25 heavy (non-hydrogen) atoms. The summed E-state index contributed by atoms with van der Waals surface area (Å²) in [5.74, 6) is -3.00. The van der Waals surface area contributed by atoms with Gasteiger partial charge in [0.1, 0.15) is 5.82 Å². The van der Waals surface area contributed by atoms with Gasteiger partial charge in [0.05, 0.1) is 25.0 Å². The molecule has 0 bridgehead atoms. The predicted octanol–water partition coefficient (Wildman–Crippen LogP) is 0.366. The smallest absolute Gasteiger partial charge is 0.258 e. The summed E-state index contributed by atoms with van der Waals surface area (Å²) >= 11 is 0. The summed E-state index contributed by atoms with van der Waals surface area (Å²) in [5.41, 5.74) is 0. The monoisotopic (exact) mass is 378 g/mol. The Labute approximate surface area is 145 Å². The Balaban J connectivity index is 1.88. The lowest BCUT2D eigenvalue weighted by Crippen LogP contribution is -2.45. The van der Waals surface area contributed by atoms with Gasteiger partial charge in [-0.3, -0.25) is 4.79 Å². The number of rotatable bonds is 7. The summed E-state index contributed by atoms with van der Waals surface area (Å²) in [6.07, 6.45) is 0. The van der Waals surface area contributed by atoms with Crippen LogP contribution in [0.3, 0.4) is 0 Å². The number of ether oxygens (including phenoxy) is 2. The molecule has 2 atom stereocenters. The second-order valence-electron chi connectivity index (χ2n) is 5.90. The lowest BCUT2D eigenvalue weighted by molar-refractivity contribution is -0.124. The van der Waals surface area contributed by atoms with Crippen LogP contribution in [-0.4, -0.2) is 64.3 Å². The van der Waals surface area contributed by atoms with E-state index in [2.05, 4.69) is 5.32 Å². The van der Waals surface area contributed by atoms with Crippen LogP contribution in [0.2, 0.25) is 0 Å². The van der Waals surface area contributed by atoms with E-state index >= 15 is 0 Å². The zero-order valence-electron chi connectivity index (χ0n) is 13.9. The van der Waals surface area contributed by atoms with Crippen LogP contribution in [0.4, 0.5) is 8.78 Å². The van der Waals surface area contributed by atoms with E-state index in [9.17, 15) is 22.0 Å². The minimum absolute atomic E-state index is 0.154. The molecule has 1 heterocycles. The summed E-state index contributed by atoms with van der Waals surface area (Å²) in [5, 5.41) is 2.62. The van der Waals surface area contributed by atoms with E-state index < -0.39 is 40.2 Å². The van der Waals surface area contributed by atoms with Gasteiger partial charge in [-0.15, -0.1) is 0 Å². The highest BCUT2D eigenvalue weighted by Gasteiger charge is 2.34. The van der Waals surface area contributed by atoms with Gasteiger partial charge in [0.2, 0.25) is 10.0 Å². The number of halogens is 2. The quantitative estimate of drug-likeness (QED) is 0.741. The van der Waals surface area contributed by atoms with Crippen molar-refractivity contribution >= 4 is 15.9 Å². The van der Waals surface area contributed by atoms with E-state index in [0.717, 1.165) is 16.4 Å². The van der Waals surface area contributed by atoms with Gasteiger partial charge in [-0.25, -0.2) is 21.5 Å². The Morgan fingerprint density at radius 1 is 1.36 bits per heavy atom. The maximum Gasteiger partial charge on any atom is 0.258 e. The fraction of sp³-hybridized carbons (Fsp3) is 0.533. The van der Waals surface area contributed by atoms with Crippen LogP contribution in [0.15, 0.2) is 18.2 Å². The molecule has 2 unspecified atom stereocenters. The molecule has 1 aromatic carbocycles. The number of carbonyl (C=O) groups is 1. The second kappa shape index (κ2) is 8.07. The van der Waals surface area contributed by atoms with E-state index in [1.54, 1.807) is 0 Å². The van der Waals surface area contributed by atoms with Gasteiger partial charge in [-0.05, 0) is 12.1 Å². The molecule has 1 aromatic rings. The molecule has 0 saturated carbocycles. The predicted molar refractivity (Wildman–Crippen MR) is 85.6 cm³/mol. The molecule has 1 amide bonds. The molecule has 1 fully saturated rings. The second-order valence-corrected chi connectivity index (χ2v) is 8.12. The number of nitrogens with zero attached hydrogens (tertiary/aromatic N) is 1. The molecule has 2 rings (SSSR count). The number of nitrogens with one attached hydrogen (secondary N) is 1. The molecule has 0 radical (unpaired) electrons. The number of hydrogen-bond donors (Lipinski definition) is 1. The minimum Gasteiger partial charge on any atom is -0.481 e. The van der Waals surface area contributed by atoms with Crippen LogP contribution in [0.5, 0.6) is 5.75 Å². The van der Waals surface area contributed by atoms with Gasteiger partial charge < -0.3 is 14.8 Å². The van der Waals surface area contributed by atoms with Crippen LogP contribution in [0, 0.1) is 17.6 Å². The van der Waals surface area contributed by atoms with Crippen molar-refractivity contribution in [3.63, 3.8) is 0 Å². The standard InChI is InChI=1S/C15H20F2N2O5S/c1-19(2)25(21,22)9-10-6-23-7-13(10)18-15(20)8-24-14-4-3-11(16)5-12(14)17/h3-5,10,13H,6-9H2,1-2H3,(H,18,20). The molecule has 10 heteroatoms. The van der Waals surface area contributed by atoms with E-state index in [4.69, 9.17) is 9.47 Å². The molecule has 1 aliphatic heterocycles. The maximum atomic E-state index is 13.4. The molecule has 0 spiro atoms. The van der Waals surface area contributed by atoms with Crippen molar-refractivity contribution in [3.05, 3.63) is 29.8 Å². The Kier molecular flexibility index (Phi) is 6.31. The van der Waals surface area contributed by atoms with E-state index in [-0.39, 0.29) is 30.6 Å². The number of amides is 1. The fourth-order valence-electron chi connectivity index (χ4n) is 2.33. The lowest BCUT2D eigenvalue weighted by Gasteiger charge is -2.21.